The number of sulfonamides is 1. The lowest BCUT2D eigenvalue weighted by Gasteiger charge is -1.98. The van der Waals surface area contributed by atoms with Gasteiger partial charge in [-0.15, -0.1) is 6.42 Å². The Morgan fingerprint density at radius 1 is 1.31 bits per heavy atom. The van der Waals surface area contributed by atoms with E-state index in [1.165, 1.54) is 0 Å². The van der Waals surface area contributed by atoms with E-state index in [1.54, 1.807) is 24.3 Å². The summed E-state index contributed by atoms with van der Waals surface area (Å²) in [4.78, 5) is 0. The number of terminal acetylenes is 1. The predicted molar refractivity (Wildman–Crippen MR) is 51.2 cm³/mol. The maximum absolute atomic E-state index is 10.7. The van der Waals surface area contributed by atoms with E-state index in [1.807, 2.05) is 0 Å². The highest BCUT2D eigenvalue weighted by molar-refractivity contribution is 7.88. The fourth-order valence-electron chi connectivity index (χ4n) is 0.930. The van der Waals surface area contributed by atoms with Crippen molar-refractivity contribution in [2.75, 3.05) is 0 Å². The first kappa shape index (κ1) is 9.78. The molecule has 0 bridgehead atoms. The summed E-state index contributed by atoms with van der Waals surface area (Å²) in [6.07, 6.45) is 5.13. The lowest BCUT2D eigenvalue weighted by molar-refractivity contribution is 0.597. The summed E-state index contributed by atoms with van der Waals surface area (Å²) in [5, 5.41) is 4.87. The van der Waals surface area contributed by atoms with Gasteiger partial charge in [0.1, 0.15) is 0 Å². The quantitative estimate of drug-likeness (QED) is 0.697. The van der Waals surface area contributed by atoms with Gasteiger partial charge >= 0.3 is 0 Å². The summed E-state index contributed by atoms with van der Waals surface area (Å²) in [6, 6.07) is 6.67. The molecule has 0 radical (unpaired) electrons. The normalized spacial score (nSPS) is 10.8. The van der Waals surface area contributed by atoms with Crippen molar-refractivity contribution in [1.82, 2.24) is 0 Å². The van der Waals surface area contributed by atoms with Crippen LogP contribution in [-0.2, 0) is 15.8 Å². The van der Waals surface area contributed by atoms with Gasteiger partial charge in [0.15, 0.2) is 0 Å². The molecule has 0 aromatic heterocycles. The van der Waals surface area contributed by atoms with Crippen LogP contribution in [0.5, 0.6) is 0 Å². The molecule has 68 valence electrons. The molecular weight excluding hydrogens is 186 g/mol. The number of nitrogens with two attached hydrogens (primary N) is 1. The molecule has 0 spiro atoms. The minimum atomic E-state index is -3.45. The Balaban J connectivity index is 2.89. The van der Waals surface area contributed by atoms with Gasteiger partial charge in [-0.05, 0) is 17.7 Å². The van der Waals surface area contributed by atoms with E-state index in [4.69, 9.17) is 11.6 Å². The van der Waals surface area contributed by atoms with Crippen molar-refractivity contribution in [1.29, 1.82) is 0 Å². The highest BCUT2D eigenvalue weighted by Crippen LogP contribution is 2.05. The first-order valence-electron chi connectivity index (χ1n) is 3.57. The third-order valence-electron chi connectivity index (χ3n) is 1.49. The molecule has 0 amide bonds. The molecule has 0 aliphatic heterocycles. The molecule has 0 atom stereocenters. The van der Waals surface area contributed by atoms with Crippen LogP contribution in [0.1, 0.15) is 11.1 Å². The minimum absolute atomic E-state index is 0.155. The zero-order valence-electron chi connectivity index (χ0n) is 6.90. The summed E-state index contributed by atoms with van der Waals surface area (Å²) in [7, 11) is -3.45. The number of benzene rings is 1. The molecule has 1 rings (SSSR count). The molecule has 2 N–H and O–H groups in total. The van der Waals surface area contributed by atoms with Gasteiger partial charge in [-0.25, -0.2) is 13.6 Å². The molecule has 0 aliphatic carbocycles. The van der Waals surface area contributed by atoms with Crippen molar-refractivity contribution < 1.29 is 8.42 Å². The largest absolute Gasteiger partial charge is 0.228 e. The molecule has 0 saturated heterocycles. The van der Waals surface area contributed by atoms with Crippen LogP contribution in [0.4, 0.5) is 0 Å². The lowest BCUT2D eigenvalue weighted by atomic mass is 10.2. The predicted octanol–water partition coefficient (Wildman–Crippen LogP) is 0.456. The van der Waals surface area contributed by atoms with Crippen molar-refractivity contribution in [2.45, 2.75) is 5.75 Å². The van der Waals surface area contributed by atoms with Crippen molar-refractivity contribution in [3.63, 3.8) is 0 Å². The highest BCUT2D eigenvalue weighted by atomic mass is 32.2. The third kappa shape index (κ3) is 3.28. The second-order valence-electron chi connectivity index (χ2n) is 2.65. The Morgan fingerprint density at radius 3 is 2.23 bits per heavy atom. The Morgan fingerprint density at radius 2 is 1.85 bits per heavy atom. The van der Waals surface area contributed by atoms with Crippen LogP contribution in [0.2, 0.25) is 0 Å². The number of hydrogen-bond acceptors (Lipinski definition) is 2. The monoisotopic (exact) mass is 195 g/mol. The van der Waals surface area contributed by atoms with Gasteiger partial charge in [0.2, 0.25) is 10.0 Å². The molecule has 13 heavy (non-hydrogen) atoms. The molecule has 1 aromatic carbocycles. The Kier molecular flexibility index (Phi) is 2.71. The average molecular weight is 195 g/mol. The molecule has 0 aliphatic rings. The van der Waals surface area contributed by atoms with Gasteiger partial charge in [0, 0.05) is 5.56 Å². The van der Waals surface area contributed by atoms with E-state index >= 15 is 0 Å². The fraction of sp³-hybridized carbons (Fsp3) is 0.111. The van der Waals surface area contributed by atoms with Crippen LogP contribution in [0.3, 0.4) is 0 Å². The molecule has 0 unspecified atom stereocenters. The van der Waals surface area contributed by atoms with Crippen molar-refractivity contribution in [2.24, 2.45) is 5.14 Å². The molecule has 0 heterocycles. The maximum Gasteiger partial charge on any atom is 0.213 e. The van der Waals surface area contributed by atoms with Gasteiger partial charge in [-0.1, -0.05) is 18.1 Å². The van der Waals surface area contributed by atoms with Gasteiger partial charge in [-0.2, -0.15) is 0 Å². The Hall–Kier alpha value is -1.31. The van der Waals surface area contributed by atoms with Crippen LogP contribution < -0.4 is 5.14 Å². The molecule has 1 aromatic rings. The van der Waals surface area contributed by atoms with Gasteiger partial charge in [-0.3, -0.25) is 0 Å². The van der Waals surface area contributed by atoms with Gasteiger partial charge < -0.3 is 0 Å². The second-order valence-corrected chi connectivity index (χ2v) is 4.26. The topological polar surface area (TPSA) is 60.2 Å². The van der Waals surface area contributed by atoms with E-state index in [0.717, 1.165) is 5.56 Å². The zero-order chi connectivity index (χ0) is 9.90. The maximum atomic E-state index is 10.7. The van der Waals surface area contributed by atoms with Crippen LogP contribution in [0.25, 0.3) is 0 Å². The van der Waals surface area contributed by atoms with E-state index in [9.17, 15) is 8.42 Å². The van der Waals surface area contributed by atoms with E-state index in [2.05, 4.69) is 5.92 Å². The van der Waals surface area contributed by atoms with Crippen LogP contribution >= 0.6 is 0 Å². The van der Waals surface area contributed by atoms with E-state index in [0.29, 0.717) is 5.56 Å². The smallest absolute Gasteiger partial charge is 0.213 e. The summed E-state index contributed by atoms with van der Waals surface area (Å²) in [5.41, 5.74) is 1.36. The first-order valence-corrected chi connectivity index (χ1v) is 5.29. The summed E-state index contributed by atoms with van der Waals surface area (Å²) in [5.74, 6) is 2.28. The standard InChI is InChI=1S/C9H9NO2S/c1-2-8-3-5-9(6-4-8)7-13(10,11)12/h1,3-6H,7H2,(H2,10,11,12). The zero-order valence-corrected chi connectivity index (χ0v) is 7.71. The average Bonchev–Trinajstić information content (AvgIpc) is 2.03. The molecule has 3 nitrogen and oxygen atoms in total. The van der Waals surface area contributed by atoms with Crippen LogP contribution in [0.15, 0.2) is 24.3 Å². The third-order valence-corrected chi connectivity index (χ3v) is 2.22. The number of hydrogen-bond donors (Lipinski definition) is 1. The SMILES string of the molecule is C#Cc1ccc(CS(N)(=O)=O)cc1. The molecular formula is C9H9NO2S. The fourth-order valence-corrected chi connectivity index (χ4v) is 1.59. The van der Waals surface area contributed by atoms with Crippen LogP contribution in [-0.4, -0.2) is 8.42 Å². The van der Waals surface area contributed by atoms with Gasteiger partial charge in [0.05, 0.1) is 5.75 Å². The Bertz CT molecular complexity index is 426. The number of primary sulfonamides is 1. The van der Waals surface area contributed by atoms with Crippen molar-refractivity contribution >= 4 is 10.0 Å². The van der Waals surface area contributed by atoms with Crippen molar-refractivity contribution in [3.05, 3.63) is 35.4 Å². The summed E-state index contributed by atoms with van der Waals surface area (Å²) >= 11 is 0. The van der Waals surface area contributed by atoms with E-state index < -0.39 is 10.0 Å². The molecule has 0 saturated carbocycles. The highest BCUT2D eigenvalue weighted by Gasteiger charge is 2.03. The second kappa shape index (κ2) is 3.60. The minimum Gasteiger partial charge on any atom is -0.228 e. The van der Waals surface area contributed by atoms with Crippen molar-refractivity contribution in [3.8, 4) is 12.3 Å². The summed E-state index contributed by atoms with van der Waals surface area (Å²) < 4.78 is 21.4. The Labute approximate surface area is 77.6 Å². The van der Waals surface area contributed by atoms with E-state index in [-0.39, 0.29) is 5.75 Å². The number of rotatable bonds is 2. The lowest BCUT2D eigenvalue weighted by Crippen LogP contribution is -2.14. The summed E-state index contributed by atoms with van der Waals surface area (Å²) in [6.45, 7) is 0. The van der Waals surface area contributed by atoms with Gasteiger partial charge in [0.25, 0.3) is 0 Å². The molecule has 0 fully saturated rings. The first-order chi connectivity index (χ1) is 6.01. The molecule has 4 heteroatoms. The van der Waals surface area contributed by atoms with Crippen LogP contribution in [0, 0.1) is 12.3 Å².